The zero-order valence-corrected chi connectivity index (χ0v) is 22.1. The lowest BCUT2D eigenvalue weighted by Gasteiger charge is -2.21. The smallest absolute Gasteiger partial charge is 0.137 e. The summed E-state index contributed by atoms with van der Waals surface area (Å²) in [5.74, 6) is 0. The van der Waals surface area contributed by atoms with Gasteiger partial charge in [-0.15, -0.1) is 0 Å². The average molecular weight is 529 g/mol. The van der Waals surface area contributed by atoms with Crippen LogP contribution >= 0.6 is 0 Å². The molecule has 1 atom stereocenters. The number of hydrogen-bond donors (Lipinski definition) is 0. The Balaban J connectivity index is 1.24. The van der Waals surface area contributed by atoms with Gasteiger partial charge in [0.25, 0.3) is 0 Å². The number of hydrogen-bond acceptors (Lipinski definition) is 5. The molecule has 0 amide bonds. The molecule has 1 aliphatic rings. The number of fused-ring (bicyclic) bond motifs is 5. The summed E-state index contributed by atoms with van der Waals surface area (Å²) in [6, 6.07) is 34.8. The van der Waals surface area contributed by atoms with Crippen LogP contribution in [-0.4, -0.2) is 30.0 Å². The molecule has 0 aliphatic carbocycles. The third-order valence-electron chi connectivity index (χ3n) is 7.65. The fourth-order valence-corrected chi connectivity index (χ4v) is 5.68. The summed E-state index contributed by atoms with van der Waals surface area (Å²) >= 11 is 0. The van der Waals surface area contributed by atoms with E-state index in [1.54, 1.807) is 0 Å². The molecule has 6 heteroatoms. The van der Waals surface area contributed by atoms with Gasteiger partial charge in [0.2, 0.25) is 0 Å². The van der Waals surface area contributed by atoms with Crippen LogP contribution in [0.2, 0.25) is 0 Å². The van der Waals surface area contributed by atoms with E-state index in [2.05, 4.69) is 63.0 Å². The molecule has 2 aromatic carbocycles. The largest absolute Gasteiger partial charge is 0.298 e. The lowest BCUT2D eigenvalue weighted by molar-refractivity contribution is 0.719. The van der Waals surface area contributed by atoms with Crippen molar-refractivity contribution < 1.29 is 0 Å². The van der Waals surface area contributed by atoms with Crippen molar-refractivity contribution in [2.24, 2.45) is 4.99 Å². The number of rotatable bonds is 4. The van der Waals surface area contributed by atoms with Gasteiger partial charge in [0, 0.05) is 36.0 Å². The van der Waals surface area contributed by atoms with Crippen LogP contribution in [0.3, 0.4) is 0 Å². The lowest BCUT2D eigenvalue weighted by atomic mass is 9.91. The molecule has 6 nitrogen and oxygen atoms in total. The van der Waals surface area contributed by atoms with Crippen molar-refractivity contribution in [1.82, 2.24) is 24.3 Å². The van der Waals surface area contributed by atoms with Crippen LogP contribution in [0.4, 0.5) is 0 Å². The molecular formula is C35H24N6. The van der Waals surface area contributed by atoms with E-state index in [0.29, 0.717) is 0 Å². The predicted molar refractivity (Wildman–Crippen MR) is 164 cm³/mol. The number of allylic oxidation sites excluding steroid dienone is 1. The van der Waals surface area contributed by atoms with Crippen LogP contribution in [0.15, 0.2) is 133 Å². The van der Waals surface area contributed by atoms with Gasteiger partial charge in [-0.05, 0) is 59.7 Å². The molecule has 0 saturated heterocycles. The van der Waals surface area contributed by atoms with E-state index in [4.69, 9.17) is 15.0 Å². The Morgan fingerprint density at radius 1 is 0.683 bits per heavy atom. The zero-order valence-electron chi connectivity index (χ0n) is 22.1. The minimum Gasteiger partial charge on any atom is -0.298 e. The van der Waals surface area contributed by atoms with Crippen molar-refractivity contribution in [3.05, 3.63) is 145 Å². The van der Waals surface area contributed by atoms with Crippen molar-refractivity contribution in [3.8, 4) is 11.3 Å². The second-order valence-electron chi connectivity index (χ2n) is 10.2. The SMILES string of the molecule is C1=C(c2ccc(-c3nc4ccccc4c4nc5ccccn5c34)cc2)CC(c2ccccn2)N=C1c1ccccn1. The molecule has 41 heavy (non-hydrogen) atoms. The number of dihydropyridines is 1. The average Bonchev–Trinajstić information content (AvgIpc) is 3.45. The number of nitrogens with zero attached hydrogens (tertiary/aromatic N) is 6. The molecule has 0 spiro atoms. The molecule has 1 unspecified atom stereocenters. The summed E-state index contributed by atoms with van der Waals surface area (Å²) in [4.78, 5) is 24.3. The number of pyridine rings is 4. The quantitative estimate of drug-likeness (QED) is 0.237. The van der Waals surface area contributed by atoms with Crippen molar-refractivity contribution in [2.75, 3.05) is 0 Å². The molecule has 0 bridgehead atoms. The van der Waals surface area contributed by atoms with Crippen molar-refractivity contribution in [2.45, 2.75) is 12.5 Å². The highest BCUT2D eigenvalue weighted by molar-refractivity contribution is 6.12. The molecule has 1 aliphatic heterocycles. The molecule has 0 fully saturated rings. The second kappa shape index (κ2) is 9.61. The fourth-order valence-electron chi connectivity index (χ4n) is 5.68. The van der Waals surface area contributed by atoms with Gasteiger partial charge < -0.3 is 0 Å². The molecule has 0 saturated carbocycles. The number of benzene rings is 2. The minimum atomic E-state index is -0.0761. The van der Waals surface area contributed by atoms with Crippen LogP contribution < -0.4 is 0 Å². The summed E-state index contributed by atoms with van der Waals surface area (Å²) in [6.07, 6.45) is 8.62. The predicted octanol–water partition coefficient (Wildman–Crippen LogP) is 7.51. The van der Waals surface area contributed by atoms with Gasteiger partial charge in [-0.1, -0.05) is 60.7 Å². The Bertz CT molecular complexity index is 2110. The fraction of sp³-hybridized carbons (Fsp3) is 0.0571. The summed E-state index contributed by atoms with van der Waals surface area (Å²) in [6.45, 7) is 0. The Morgan fingerprint density at radius 3 is 2.29 bits per heavy atom. The van der Waals surface area contributed by atoms with Gasteiger partial charge in [0.05, 0.1) is 39.9 Å². The van der Waals surface area contributed by atoms with Crippen LogP contribution in [0.1, 0.15) is 29.4 Å². The van der Waals surface area contributed by atoms with Gasteiger partial charge in [-0.25, -0.2) is 9.97 Å². The van der Waals surface area contributed by atoms with E-state index in [9.17, 15) is 0 Å². The second-order valence-corrected chi connectivity index (χ2v) is 10.2. The van der Waals surface area contributed by atoms with Crippen LogP contribution in [0.25, 0.3) is 44.4 Å². The number of aliphatic imine (C=N–C) groups is 1. The number of imidazole rings is 1. The monoisotopic (exact) mass is 528 g/mol. The maximum atomic E-state index is 5.13. The third kappa shape index (κ3) is 4.08. The highest BCUT2D eigenvalue weighted by atomic mass is 15.0. The topological polar surface area (TPSA) is 68.3 Å². The normalized spacial score (nSPS) is 15.3. The Hall–Kier alpha value is -5.49. The zero-order chi connectivity index (χ0) is 27.2. The molecular weight excluding hydrogens is 504 g/mol. The van der Waals surface area contributed by atoms with Gasteiger partial charge in [0.15, 0.2) is 0 Å². The van der Waals surface area contributed by atoms with Crippen molar-refractivity contribution in [1.29, 1.82) is 0 Å². The number of para-hydroxylation sites is 1. The Kier molecular flexibility index (Phi) is 5.48. The van der Waals surface area contributed by atoms with E-state index in [1.807, 2.05) is 79.1 Å². The molecule has 0 N–H and O–H groups in total. The van der Waals surface area contributed by atoms with Gasteiger partial charge in [0.1, 0.15) is 11.2 Å². The summed E-state index contributed by atoms with van der Waals surface area (Å²) in [5, 5.41) is 1.06. The summed E-state index contributed by atoms with van der Waals surface area (Å²) in [7, 11) is 0. The Labute approximate surface area is 236 Å². The minimum absolute atomic E-state index is 0.0761. The first-order valence-electron chi connectivity index (χ1n) is 13.7. The molecule has 6 heterocycles. The first-order chi connectivity index (χ1) is 20.3. The molecule has 7 aromatic rings. The Morgan fingerprint density at radius 2 is 1.46 bits per heavy atom. The maximum Gasteiger partial charge on any atom is 0.137 e. The first-order valence-corrected chi connectivity index (χ1v) is 13.7. The van der Waals surface area contributed by atoms with E-state index < -0.39 is 0 Å². The van der Waals surface area contributed by atoms with Crippen LogP contribution in [-0.2, 0) is 0 Å². The molecule has 194 valence electrons. The van der Waals surface area contributed by atoms with Crippen LogP contribution in [0.5, 0.6) is 0 Å². The molecule has 5 aromatic heterocycles. The standard InChI is InChI=1S/C35H24N6/c1-2-10-27-26(9-1)34-35(41-20-8-5-13-32(41)40-34)33(39-27)24-16-14-23(15-17-24)25-21-30(28-11-3-6-18-36-28)38-31(22-25)29-12-4-7-19-37-29/h1-21,31H,22H2. The highest BCUT2D eigenvalue weighted by Gasteiger charge is 2.22. The van der Waals surface area contributed by atoms with E-state index in [-0.39, 0.29) is 6.04 Å². The van der Waals surface area contributed by atoms with Crippen molar-refractivity contribution in [3.63, 3.8) is 0 Å². The van der Waals surface area contributed by atoms with Gasteiger partial charge in [-0.3, -0.25) is 19.4 Å². The van der Waals surface area contributed by atoms with E-state index in [1.165, 1.54) is 5.57 Å². The van der Waals surface area contributed by atoms with Gasteiger partial charge in [-0.2, -0.15) is 0 Å². The van der Waals surface area contributed by atoms with Crippen molar-refractivity contribution >= 4 is 38.9 Å². The van der Waals surface area contributed by atoms with Gasteiger partial charge >= 0.3 is 0 Å². The highest BCUT2D eigenvalue weighted by Crippen LogP contribution is 2.36. The lowest BCUT2D eigenvalue weighted by Crippen LogP contribution is -2.12. The first kappa shape index (κ1) is 23.4. The van der Waals surface area contributed by atoms with E-state index >= 15 is 0 Å². The summed E-state index contributed by atoms with van der Waals surface area (Å²) in [5.41, 5.74) is 10.8. The third-order valence-corrected chi connectivity index (χ3v) is 7.65. The maximum absolute atomic E-state index is 5.13. The molecule has 0 radical (unpaired) electrons. The molecule has 8 rings (SSSR count). The van der Waals surface area contributed by atoms with Crippen LogP contribution in [0, 0.1) is 0 Å². The summed E-state index contributed by atoms with van der Waals surface area (Å²) < 4.78 is 2.13. The number of aromatic nitrogens is 5. The van der Waals surface area contributed by atoms with E-state index in [0.717, 1.165) is 67.9 Å².